The molecule has 0 saturated heterocycles. The van der Waals surface area contributed by atoms with Crippen LogP contribution in [0.25, 0.3) is 0 Å². The van der Waals surface area contributed by atoms with E-state index < -0.39 is 0 Å². The van der Waals surface area contributed by atoms with E-state index in [0.717, 1.165) is 38.4 Å². The number of hydrogen-bond donors (Lipinski definition) is 1. The van der Waals surface area contributed by atoms with Gasteiger partial charge in [-0.15, -0.1) is 11.6 Å². The maximum Gasteiger partial charge on any atom is 0.0945 e. The fourth-order valence-corrected chi connectivity index (χ4v) is 2.00. The van der Waals surface area contributed by atoms with Gasteiger partial charge < -0.3 is 9.88 Å². The maximum atomic E-state index is 5.72. The van der Waals surface area contributed by atoms with Crippen LogP contribution in [0.5, 0.6) is 0 Å². The molecular weight excluding hydrogens is 234 g/mol. The molecule has 0 unspecified atom stereocenters. The molecule has 0 aliphatic carbocycles. The van der Waals surface area contributed by atoms with Gasteiger partial charge in [-0.2, -0.15) is 0 Å². The Kier molecular flexibility index (Phi) is 6.60. The van der Waals surface area contributed by atoms with Gasteiger partial charge >= 0.3 is 0 Å². The Morgan fingerprint density at radius 3 is 2.82 bits per heavy atom. The van der Waals surface area contributed by atoms with E-state index in [1.54, 1.807) is 0 Å². The minimum Gasteiger partial charge on any atom is -0.337 e. The average Bonchev–Trinajstić information content (AvgIpc) is 2.79. The van der Waals surface area contributed by atoms with Gasteiger partial charge in [-0.05, 0) is 31.2 Å². The number of imidazole rings is 1. The molecule has 1 aromatic rings. The zero-order chi connectivity index (χ0) is 12.6. The van der Waals surface area contributed by atoms with Gasteiger partial charge in [0.05, 0.1) is 6.33 Å². The summed E-state index contributed by atoms with van der Waals surface area (Å²) in [6.07, 6.45) is 9.12. The van der Waals surface area contributed by atoms with E-state index >= 15 is 0 Å². The molecule has 98 valence electrons. The molecule has 0 aliphatic rings. The molecule has 0 atom stereocenters. The summed E-state index contributed by atoms with van der Waals surface area (Å²) in [4.78, 5) is 4.02. The van der Waals surface area contributed by atoms with Crippen molar-refractivity contribution in [2.24, 2.45) is 5.41 Å². The molecule has 4 heteroatoms. The highest BCUT2D eigenvalue weighted by Gasteiger charge is 2.16. The summed E-state index contributed by atoms with van der Waals surface area (Å²) < 4.78 is 2.11. The second-order valence-electron chi connectivity index (χ2n) is 5.29. The van der Waals surface area contributed by atoms with E-state index in [1.165, 1.54) is 6.42 Å². The highest BCUT2D eigenvalue weighted by molar-refractivity contribution is 6.17. The van der Waals surface area contributed by atoms with Crippen LogP contribution in [0.1, 0.15) is 33.1 Å². The third kappa shape index (κ3) is 6.69. The van der Waals surface area contributed by atoms with Crippen LogP contribution in [0.3, 0.4) is 0 Å². The van der Waals surface area contributed by atoms with Gasteiger partial charge in [-0.3, -0.25) is 0 Å². The highest BCUT2D eigenvalue weighted by atomic mass is 35.5. The van der Waals surface area contributed by atoms with E-state index in [4.69, 9.17) is 11.6 Å². The van der Waals surface area contributed by atoms with Crippen molar-refractivity contribution in [1.82, 2.24) is 14.9 Å². The number of hydrogen-bond acceptors (Lipinski definition) is 2. The first-order valence-corrected chi connectivity index (χ1v) is 6.90. The lowest BCUT2D eigenvalue weighted by atomic mass is 9.88. The normalized spacial score (nSPS) is 11.9. The summed E-state index contributed by atoms with van der Waals surface area (Å²) >= 11 is 5.72. The van der Waals surface area contributed by atoms with Crippen LogP contribution < -0.4 is 5.32 Å². The number of halogens is 1. The first-order valence-electron chi connectivity index (χ1n) is 6.36. The van der Waals surface area contributed by atoms with Crippen LogP contribution in [0.15, 0.2) is 18.7 Å². The smallest absolute Gasteiger partial charge is 0.0945 e. The molecular formula is C13H24ClN3. The van der Waals surface area contributed by atoms with Gasteiger partial charge in [0, 0.05) is 31.4 Å². The van der Waals surface area contributed by atoms with Crippen LogP contribution in [0.2, 0.25) is 0 Å². The molecule has 1 heterocycles. The maximum absolute atomic E-state index is 5.72. The Labute approximate surface area is 110 Å². The van der Waals surface area contributed by atoms with Crippen molar-refractivity contribution in [3.05, 3.63) is 18.7 Å². The van der Waals surface area contributed by atoms with Crippen LogP contribution in [0, 0.1) is 5.41 Å². The summed E-state index contributed by atoms with van der Waals surface area (Å²) in [5.74, 6) is 0.768. The first kappa shape index (κ1) is 14.5. The molecule has 0 saturated carbocycles. The molecule has 1 aromatic heterocycles. The fraction of sp³-hybridized carbons (Fsp3) is 0.769. The topological polar surface area (TPSA) is 29.9 Å². The Morgan fingerprint density at radius 1 is 1.35 bits per heavy atom. The predicted octanol–water partition coefficient (Wildman–Crippen LogP) is 2.91. The van der Waals surface area contributed by atoms with Gasteiger partial charge in [0.1, 0.15) is 0 Å². The third-order valence-corrected chi connectivity index (χ3v) is 3.19. The van der Waals surface area contributed by atoms with E-state index in [1.807, 2.05) is 18.7 Å². The van der Waals surface area contributed by atoms with Crippen molar-refractivity contribution in [2.45, 2.75) is 39.7 Å². The Balaban J connectivity index is 2.03. The van der Waals surface area contributed by atoms with Crippen molar-refractivity contribution in [2.75, 3.05) is 19.0 Å². The molecule has 17 heavy (non-hydrogen) atoms. The van der Waals surface area contributed by atoms with E-state index in [9.17, 15) is 0 Å². The van der Waals surface area contributed by atoms with Crippen LogP contribution in [0.4, 0.5) is 0 Å². The zero-order valence-corrected chi connectivity index (χ0v) is 11.7. The van der Waals surface area contributed by atoms with Crippen molar-refractivity contribution in [1.29, 1.82) is 0 Å². The first-order chi connectivity index (χ1) is 8.14. The lowest BCUT2D eigenvalue weighted by Crippen LogP contribution is -2.30. The van der Waals surface area contributed by atoms with Crippen molar-refractivity contribution < 1.29 is 0 Å². The quantitative estimate of drug-likeness (QED) is 0.545. The molecule has 0 aliphatic heterocycles. The summed E-state index contributed by atoms with van der Waals surface area (Å²) in [5, 5.41) is 3.52. The van der Waals surface area contributed by atoms with Gasteiger partial charge in [-0.1, -0.05) is 13.8 Å². The van der Waals surface area contributed by atoms with Gasteiger partial charge in [0.15, 0.2) is 0 Å². The number of nitrogens with one attached hydrogen (secondary N) is 1. The molecule has 0 radical (unpaired) electrons. The van der Waals surface area contributed by atoms with Crippen LogP contribution in [-0.4, -0.2) is 28.5 Å². The van der Waals surface area contributed by atoms with Crippen LogP contribution >= 0.6 is 11.6 Å². The van der Waals surface area contributed by atoms with E-state index in [-0.39, 0.29) is 0 Å². The number of alkyl halides is 1. The predicted molar refractivity (Wildman–Crippen MR) is 73.4 cm³/mol. The standard InChI is InChI=1S/C13H24ClN3/c1-13(2,5-3-6-14)11-15-7-4-9-17-10-8-16-12-17/h8,10,12,15H,3-7,9,11H2,1-2H3. The van der Waals surface area contributed by atoms with Crippen molar-refractivity contribution in [3.8, 4) is 0 Å². The van der Waals surface area contributed by atoms with Crippen LogP contribution in [-0.2, 0) is 6.54 Å². The van der Waals surface area contributed by atoms with Crippen molar-refractivity contribution in [3.63, 3.8) is 0 Å². The Morgan fingerprint density at radius 2 is 2.18 bits per heavy atom. The molecule has 1 rings (SSSR count). The van der Waals surface area contributed by atoms with Gasteiger partial charge in [-0.25, -0.2) is 4.98 Å². The lowest BCUT2D eigenvalue weighted by molar-refractivity contribution is 0.310. The fourth-order valence-electron chi connectivity index (χ4n) is 1.87. The molecule has 3 nitrogen and oxygen atoms in total. The molecule has 0 bridgehead atoms. The molecule has 0 amide bonds. The Hall–Kier alpha value is -0.540. The van der Waals surface area contributed by atoms with E-state index in [0.29, 0.717) is 5.41 Å². The van der Waals surface area contributed by atoms with Gasteiger partial charge in [0.25, 0.3) is 0 Å². The molecule has 0 fully saturated rings. The average molecular weight is 258 g/mol. The van der Waals surface area contributed by atoms with Crippen molar-refractivity contribution >= 4 is 11.6 Å². The molecule has 0 spiro atoms. The summed E-state index contributed by atoms with van der Waals surface area (Å²) in [6.45, 7) is 7.75. The highest BCUT2D eigenvalue weighted by Crippen LogP contribution is 2.21. The van der Waals surface area contributed by atoms with Gasteiger partial charge in [0.2, 0.25) is 0 Å². The second kappa shape index (κ2) is 7.72. The second-order valence-corrected chi connectivity index (χ2v) is 5.67. The minimum atomic E-state index is 0.351. The largest absolute Gasteiger partial charge is 0.337 e. The third-order valence-electron chi connectivity index (χ3n) is 2.92. The summed E-state index contributed by atoms with van der Waals surface area (Å²) in [6, 6.07) is 0. The summed E-state index contributed by atoms with van der Waals surface area (Å²) in [5.41, 5.74) is 0.351. The lowest BCUT2D eigenvalue weighted by Gasteiger charge is -2.24. The SMILES string of the molecule is CC(C)(CCCCl)CNCCCn1ccnc1. The van der Waals surface area contributed by atoms with E-state index in [2.05, 4.69) is 28.7 Å². The summed E-state index contributed by atoms with van der Waals surface area (Å²) in [7, 11) is 0. The number of rotatable bonds is 9. The number of aryl methyl sites for hydroxylation is 1. The number of nitrogens with zero attached hydrogens (tertiary/aromatic N) is 2. The molecule has 0 aromatic carbocycles. The minimum absolute atomic E-state index is 0.351. The molecule has 1 N–H and O–H groups in total. The number of aromatic nitrogens is 2. The monoisotopic (exact) mass is 257 g/mol. The zero-order valence-electron chi connectivity index (χ0n) is 11.0. The Bertz CT molecular complexity index is 283.